The Labute approximate surface area is 144 Å². The molecule has 0 aliphatic rings. The molecule has 0 aliphatic heterocycles. The zero-order chi connectivity index (χ0) is 17.1. The number of benzene rings is 1. The van der Waals surface area contributed by atoms with Crippen LogP contribution < -0.4 is 10.1 Å². The number of aryl methyl sites for hydroxylation is 3. The van der Waals surface area contributed by atoms with Crippen molar-refractivity contribution in [2.75, 3.05) is 5.32 Å². The molecule has 1 amide bonds. The summed E-state index contributed by atoms with van der Waals surface area (Å²) in [5, 5.41) is 7.53. The summed E-state index contributed by atoms with van der Waals surface area (Å²) in [6.45, 7) is 6.22. The van der Waals surface area contributed by atoms with Crippen molar-refractivity contribution >= 4 is 22.4 Å². The average molecular weight is 342 g/mol. The van der Waals surface area contributed by atoms with E-state index in [4.69, 9.17) is 4.74 Å². The van der Waals surface area contributed by atoms with Gasteiger partial charge in [0.25, 0.3) is 5.91 Å². The molecule has 0 bridgehead atoms. The number of nitrogens with one attached hydrogen (secondary N) is 1. The van der Waals surface area contributed by atoms with Crippen molar-refractivity contribution in [1.82, 2.24) is 14.8 Å². The summed E-state index contributed by atoms with van der Waals surface area (Å²) in [5.74, 6) is 0.523. The van der Waals surface area contributed by atoms with Crippen molar-refractivity contribution < 1.29 is 9.53 Å². The SMILES string of the molecule is Cc1ccc(OCn2ccc(C(=O)Nc3ncc(C)s3)n2)c(C)c1. The van der Waals surface area contributed by atoms with Crippen LogP contribution in [0.5, 0.6) is 5.75 Å². The molecule has 6 nitrogen and oxygen atoms in total. The van der Waals surface area contributed by atoms with Crippen molar-refractivity contribution in [3.63, 3.8) is 0 Å². The highest BCUT2D eigenvalue weighted by molar-refractivity contribution is 7.15. The first-order chi connectivity index (χ1) is 11.5. The van der Waals surface area contributed by atoms with Crippen LogP contribution in [-0.2, 0) is 6.73 Å². The van der Waals surface area contributed by atoms with Crippen LogP contribution in [0, 0.1) is 20.8 Å². The largest absolute Gasteiger partial charge is 0.471 e. The minimum Gasteiger partial charge on any atom is -0.471 e. The third-order valence-electron chi connectivity index (χ3n) is 3.40. The van der Waals surface area contributed by atoms with Crippen LogP contribution in [0.3, 0.4) is 0 Å². The fourth-order valence-electron chi connectivity index (χ4n) is 2.23. The molecule has 0 saturated heterocycles. The van der Waals surface area contributed by atoms with E-state index in [0.717, 1.165) is 16.2 Å². The molecule has 124 valence electrons. The molecule has 3 rings (SSSR count). The minimum atomic E-state index is -0.283. The molecule has 2 heterocycles. The van der Waals surface area contributed by atoms with E-state index in [1.807, 2.05) is 32.9 Å². The van der Waals surface area contributed by atoms with E-state index in [2.05, 4.69) is 21.5 Å². The fourth-order valence-corrected chi connectivity index (χ4v) is 2.88. The Morgan fingerprint density at radius 1 is 1.29 bits per heavy atom. The molecule has 0 aliphatic carbocycles. The van der Waals surface area contributed by atoms with Crippen LogP contribution in [-0.4, -0.2) is 20.7 Å². The summed E-state index contributed by atoms with van der Waals surface area (Å²) in [6, 6.07) is 7.65. The van der Waals surface area contributed by atoms with Crippen molar-refractivity contribution in [2.24, 2.45) is 0 Å². The smallest absolute Gasteiger partial charge is 0.277 e. The van der Waals surface area contributed by atoms with Gasteiger partial charge in [-0.05, 0) is 38.5 Å². The van der Waals surface area contributed by atoms with E-state index in [9.17, 15) is 4.79 Å². The molecule has 7 heteroatoms. The second-order valence-electron chi connectivity index (χ2n) is 5.51. The number of ether oxygens (including phenoxy) is 1. The third-order valence-corrected chi connectivity index (χ3v) is 4.23. The monoisotopic (exact) mass is 342 g/mol. The molecule has 0 spiro atoms. The topological polar surface area (TPSA) is 69.0 Å². The molecule has 2 aromatic heterocycles. The maximum Gasteiger partial charge on any atom is 0.277 e. The van der Waals surface area contributed by atoms with Gasteiger partial charge in [-0.2, -0.15) is 5.10 Å². The maximum atomic E-state index is 12.1. The van der Waals surface area contributed by atoms with Crippen LogP contribution in [0.2, 0.25) is 0 Å². The van der Waals surface area contributed by atoms with Crippen LogP contribution in [0.1, 0.15) is 26.5 Å². The molecule has 0 atom stereocenters. The lowest BCUT2D eigenvalue weighted by Gasteiger charge is -2.09. The number of hydrogen-bond acceptors (Lipinski definition) is 5. The predicted octanol–water partition coefficient (Wildman–Crippen LogP) is 3.55. The first-order valence-corrected chi connectivity index (χ1v) is 8.30. The van der Waals surface area contributed by atoms with E-state index in [1.54, 1.807) is 23.1 Å². The van der Waals surface area contributed by atoms with Gasteiger partial charge in [0, 0.05) is 17.3 Å². The van der Waals surface area contributed by atoms with Crippen LogP contribution in [0.25, 0.3) is 0 Å². The maximum absolute atomic E-state index is 12.1. The fraction of sp³-hybridized carbons (Fsp3) is 0.235. The molecular weight excluding hydrogens is 324 g/mol. The summed E-state index contributed by atoms with van der Waals surface area (Å²) in [4.78, 5) is 17.3. The predicted molar refractivity (Wildman–Crippen MR) is 93.6 cm³/mol. The van der Waals surface area contributed by atoms with Crippen molar-refractivity contribution in [3.05, 3.63) is 58.4 Å². The van der Waals surface area contributed by atoms with E-state index >= 15 is 0 Å². The summed E-state index contributed by atoms with van der Waals surface area (Å²) in [7, 11) is 0. The number of nitrogens with zero attached hydrogens (tertiary/aromatic N) is 3. The molecular formula is C17H18N4O2S. The van der Waals surface area contributed by atoms with E-state index < -0.39 is 0 Å². The van der Waals surface area contributed by atoms with Crippen LogP contribution in [0.4, 0.5) is 5.13 Å². The van der Waals surface area contributed by atoms with Crippen LogP contribution >= 0.6 is 11.3 Å². The number of aromatic nitrogens is 3. The standard InChI is InChI=1S/C17H18N4O2S/c1-11-4-5-15(12(2)8-11)23-10-21-7-6-14(20-21)16(22)19-17-18-9-13(3)24-17/h4-9H,10H2,1-3H3,(H,18,19,22). The Bertz CT molecular complexity index is 869. The van der Waals surface area contributed by atoms with E-state index in [1.165, 1.54) is 16.9 Å². The number of thiazole rings is 1. The van der Waals surface area contributed by atoms with Crippen molar-refractivity contribution in [2.45, 2.75) is 27.5 Å². The quantitative estimate of drug-likeness (QED) is 0.770. The number of anilines is 1. The van der Waals surface area contributed by atoms with Crippen LogP contribution in [0.15, 0.2) is 36.7 Å². The molecule has 3 aromatic rings. The minimum absolute atomic E-state index is 0.244. The number of amides is 1. The lowest BCUT2D eigenvalue weighted by Crippen LogP contribution is -2.14. The first kappa shape index (κ1) is 16.2. The summed E-state index contributed by atoms with van der Waals surface area (Å²) in [5.41, 5.74) is 2.58. The van der Waals surface area contributed by atoms with E-state index in [-0.39, 0.29) is 12.6 Å². The van der Waals surface area contributed by atoms with Gasteiger partial charge in [-0.15, -0.1) is 11.3 Å². The number of carbonyl (C=O) groups is 1. The van der Waals surface area contributed by atoms with Crippen molar-refractivity contribution in [3.8, 4) is 5.75 Å². The zero-order valence-corrected chi connectivity index (χ0v) is 14.6. The molecule has 1 N–H and O–H groups in total. The Balaban J connectivity index is 1.61. The van der Waals surface area contributed by atoms with E-state index in [0.29, 0.717) is 10.8 Å². The first-order valence-electron chi connectivity index (χ1n) is 7.48. The summed E-state index contributed by atoms with van der Waals surface area (Å²) < 4.78 is 7.34. The second kappa shape index (κ2) is 6.84. The summed E-state index contributed by atoms with van der Waals surface area (Å²) >= 11 is 1.43. The zero-order valence-electron chi connectivity index (χ0n) is 13.7. The van der Waals surface area contributed by atoms with Gasteiger partial charge in [-0.1, -0.05) is 17.7 Å². The number of rotatable bonds is 5. The van der Waals surface area contributed by atoms with Gasteiger partial charge in [0.2, 0.25) is 0 Å². The highest BCUT2D eigenvalue weighted by Gasteiger charge is 2.12. The average Bonchev–Trinajstić information content (AvgIpc) is 3.15. The van der Waals surface area contributed by atoms with Crippen molar-refractivity contribution in [1.29, 1.82) is 0 Å². The van der Waals surface area contributed by atoms with Gasteiger partial charge in [0.1, 0.15) is 5.75 Å². The van der Waals surface area contributed by atoms with Gasteiger partial charge in [0.15, 0.2) is 17.6 Å². The molecule has 0 radical (unpaired) electrons. The molecule has 1 aromatic carbocycles. The highest BCUT2D eigenvalue weighted by atomic mass is 32.1. The highest BCUT2D eigenvalue weighted by Crippen LogP contribution is 2.19. The Hall–Kier alpha value is -2.67. The number of hydrogen-bond donors (Lipinski definition) is 1. The van der Waals surface area contributed by atoms with Gasteiger partial charge in [-0.3, -0.25) is 10.1 Å². The normalized spacial score (nSPS) is 10.6. The van der Waals surface area contributed by atoms with Gasteiger partial charge in [0.05, 0.1) is 0 Å². The summed E-state index contributed by atoms with van der Waals surface area (Å²) in [6.07, 6.45) is 3.43. The third kappa shape index (κ3) is 3.80. The lowest BCUT2D eigenvalue weighted by atomic mass is 10.1. The van der Waals surface area contributed by atoms with Gasteiger partial charge >= 0.3 is 0 Å². The Morgan fingerprint density at radius 2 is 2.12 bits per heavy atom. The Kier molecular flexibility index (Phi) is 4.61. The molecule has 0 fully saturated rings. The Morgan fingerprint density at radius 3 is 2.83 bits per heavy atom. The second-order valence-corrected chi connectivity index (χ2v) is 6.75. The van der Waals surface area contributed by atoms with Gasteiger partial charge < -0.3 is 4.74 Å². The lowest BCUT2D eigenvalue weighted by molar-refractivity contribution is 0.102. The van der Waals surface area contributed by atoms with Gasteiger partial charge in [-0.25, -0.2) is 9.67 Å². The molecule has 24 heavy (non-hydrogen) atoms. The molecule has 0 saturated carbocycles. The molecule has 0 unspecified atom stereocenters. The number of carbonyl (C=O) groups excluding carboxylic acids is 1.